The molecule has 1 amide bonds. The largest absolute Gasteiger partial charge is 0.463 e. The van der Waals surface area contributed by atoms with E-state index < -0.39 is 21.9 Å². The van der Waals surface area contributed by atoms with Crippen LogP contribution in [0.5, 0.6) is 6.01 Å². The minimum atomic E-state index is -4.36. The second-order valence-corrected chi connectivity index (χ2v) is 8.35. The number of ether oxygens (including phenoxy) is 1. The summed E-state index contributed by atoms with van der Waals surface area (Å²) < 4.78 is 38.2. The third-order valence-corrected chi connectivity index (χ3v) is 5.57. The maximum absolute atomic E-state index is 12.2. The number of thiazole rings is 1. The summed E-state index contributed by atoms with van der Waals surface area (Å²) in [5.74, 6) is 0.430. The van der Waals surface area contributed by atoms with Crippen LogP contribution in [0.25, 0.3) is 0 Å². The zero-order valence-corrected chi connectivity index (χ0v) is 16.5. The molecular weight excluding hydrogens is 396 g/mol. The van der Waals surface area contributed by atoms with Crippen LogP contribution in [-0.2, 0) is 23.8 Å². The Hall–Kier alpha value is -2.41. The Morgan fingerprint density at radius 2 is 2.22 bits per heavy atom. The van der Waals surface area contributed by atoms with E-state index in [0.717, 1.165) is 35.2 Å². The van der Waals surface area contributed by atoms with Crippen LogP contribution in [0.4, 0.5) is 4.79 Å². The molecule has 0 unspecified atom stereocenters. The Balaban J connectivity index is 1.78. The number of amides is 1. The number of aromatic nitrogens is 4. The highest BCUT2D eigenvalue weighted by molar-refractivity contribution is 7.88. The molecule has 0 radical (unpaired) electrons. The molecule has 0 spiro atoms. The third-order valence-electron chi connectivity index (χ3n) is 3.82. The van der Waals surface area contributed by atoms with Gasteiger partial charge in [0.25, 0.3) is 0 Å². The first-order valence-electron chi connectivity index (χ1n) is 8.36. The molecule has 27 heavy (non-hydrogen) atoms. The highest BCUT2D eigenvalue weighted by Gasteiger charge is 2.25. The molecule has 13 heteroatoms. The van der Waals surface area contributed by atoms with Gasteiger partial charge < -0.3 is 9.30 Å². The lowest BCUT2D eigenvalue weighted by Gasteiger charge is -2.02. The van der Waals surface area contributed by atoms with Gasteiger partial charge in [-0.1, -0.05) is 6.92 Å². The zero-order chi connectivity index (χ0) is 19.6. The van der Waals surface area contributed by atoms with Crippen LogP contribution in [-0.4, -0.2) is 40.0 Å². The summed E-state index contributed by atoms with van der Waals surface area (Å²) in [6, 6.07) is -1.27. The summed E-state index contributed by atoms with van der Waals surface area (Å²) in [6.45, 7) is 2.93. The lowest BCUT2D eigenvalue weighted by atomic mass is 10.5. The topological polar surface area (TPSA) is 130 Å². The smallest absolute Gasteiger partial charge is 0.361 e. The minimum absolute atomic E-state index is 0.0459. The number of hydrogen-bond acceptors (Lipinski definition) is 7. The van der Waals surface area contributed by atoms with E-state index in [1.165, 1.54) is 7.05 Å². The van der Waals surface area contributed by atoms with Crippen LogP contribution in [0.15, 0.2) is 20.8 Å². The van der Waals surface area contributed by atoms with Crippen molar-refractivity contribution in [3.63, 3.8) is 0 Å². The average Bonchev–Trinajstić information content (AvgIpc) is 3.27. The number of hydrogen-bond donors (Lipinski definition) is 1. The average molecular weight is 416 g/mol. The maximum Gasteiger partial charge on any atom is 0.361 e. The molecule has 0 bridgehead atoms. The first-order chi connectivity index (χ1) is 12.8. The molecule has 2 heterocycles. The number of nitrogens with one attached hydrogen (secondary N) is 1. The second-order valence-electron chi connectivity index (χ2n) is 6.14. The van der Waals surface area contributed by atoms with Crippen molar-refractivity contribution < 1.29 is 17.9 Å². The van der Waals surface area contributed by atoms with Crippen LogP contribution >= 0.6 is 11.3 Å². The Morgan fingerprint density at radius 1 is 1.48 bits per heavy atom. The summed E-state index contributed by atoms with van der Waals surface area (Å²) in [5.41, 5.74) is -0.814. The van der Waals surface area contributed by atoms with E-state index in [1.807, 2.05) is 6.92 Å². The molecule has 3 rings (SSSR count). The van der Waals surface area contributed by atoms with Gasteiger partial charge in [-0.25, -0.2) is 18.9 Å². The van der Waals surface area contributed by atoms with Crippen molar-refractivity contribution in [2.24, 2.45) is 17.4 Å². The van der Waals surface area contributed by atoms with Crippen LogP contribution in [0.2, 0.25) is 0 Å². The predicted octanol–water partition coefficient (Wildman–Crippen LogP) is 0.0470. The first-order valence-corrected chi connectivity index (χ1v) is 10.7. The summed E-state index contributed by atoms with van der Waals surface area (Å²) in [6.07, 6.45) is 4.60. The van der Waals surface area contributed by atoms with E-state index in [-0.39, 0.29) is 10.8 Å². The van der Waals surface area contributed by atoms with Gasteiger partial charge in [-0.15, -0.1) is 25.5 Å². The molecule has 0 atom stereocenters. The first kappa shape index (κ1) is 19.4. The van der Waals surface area contributed by atoms with Crippen LogP contribution in [0.3, 0.4) is 0 Å². The standard InChI is InChI=1S/C14H20N6O5S2/c1-3-6-19-7-8-26-13(19)17-27(23,24)16-11(21)20-14(22)18(2)12(15-20)25-9-10-4-5-10/h7-8,10H,3-6,9H2,1-2H3,(H,16,21). The lowest BCUT2D eigenvalue weighted by Crippen LogP contribution is -2.40. The molecule has 1 aliphatic carbocycles. The van der Waals surface area contributed by atoms with E-state index >= 15 is 0 Å². The Labute approximate surface area is 159 Å². The Bertz CT molecular complexity index is 1060. The summed E-state index contributed by atoms with van der Waals surface area (Å²) in [7, 11) is -2.98. The monoisotopic (exact) mass is 416 g/mol. The highest BCUT2D eigenvalue weighted by atomic mass is 32.2. The lowest BCUT2D eigenvalue weighted by molar-refractivity contribution is 0.241. The minimum Gasteiger partial charge on any atom is -0.463 e. The third kappa shape index (κ3) is 4.66. The number of nitrogens with zero attached hydrogens (tertiary/aromatic N) is 5. The molecule has 0 saturated heterocycles. The summed E-state index contributed by atoms with van der Waals surface area (Å²) in [5, 5.41) is 5.45. The Morgan fingerprint density at radius 3 is 2.89 bits per heavy atom. The van der Waals surface area contributed by atoms with Crippen molar-refractivity contribution in [3.8, 4) is 6.01 Å². The van der Waals surface area contributed by atoms with Gasteiger partial charge in [0.05, 0.1) is 6.61 Å². The molecule has 1 N–H and O–H groups in total. The maximum atomic E-state index is 12.2. The fraction of sp³-hybridized carbons (Fsp3) is 0.571. The van der Waals surface area contributed by atoms with Crippen molar-refractivity contribution in [1.29, 1.82) is 0 Å². The molecule has 0 aliphatic heterocycles. The van der Waals surface area contributed by atoms with E-state index in [9.17, 15) is 18.0 Å². The quantitative estimate of drug-likeness (QED) is 0.679. The molecule has 2 aromatic rings. The van der Waals surface area contributed by atoms with Crippen molar-refractivity contribution >= 4 is 27.6 Å². The van der Waals surface area contributed by atoms with Crippen molar-refractivity contribution in [1.82, 2.24) is 23.6 Å². The SMILES string of the molecule is CCCn1ccsc1=NS(=O)(=O)NC(=O)n1nc(OCC2CC2)n(C)c1=O. The fourth-order valence-electron chi connectivity index (χ4n) is 2.21. The molecule has 1 aliphatic rings. The van der Waals surface area contributed by atoms with Crippen molar-refractivity contribution in [2.75, 3.05) is 6.61 Å². The van der Waals surface area contributed by atoms with Gasteiger partial charge in [0.2, 0.25) is 4.80 Å². The molecule has 1 saturated carbocycles. The normalized spacial score (nSPS) is 15.1. The van der Waals surface area contributed by atoms with E-state index in [1.54, 1.807) is 20.9 Å². The summed E-state index contributed by atoms with van der Waals surface area (Å²) in [4.78, 5) is 24.6. The van der Waals surface area contributed by atoms with Gasteiger partial charge in [-0.2, -0.15) is 8.42 Å². The van der Waals surface area contributed by atoms with Gasteiger partial charge in [-0.05, 0) is 25.2 Å². The number of carbonyl (C=O) groups is 1. The molecule has 148 valence electrons. The Kier molecular flexibility index (Phi) is 5.51. The molecular formula is C14H20N6O5S2. The van der Waals surface area contributed by atoms with E-state index in [0.29, 0.717) is 23.8 Å². The van der Waals surface area contributed by atoms with Gasteiger partial charge >= 0.3 is 27.9 Å². The van der Waals surface area contributed by atoms with E-state index in [2.05, 4.69) is 9.50 Å². The van der Waals surface area contributed by atoms with Gasteiger partial charge in [-0.3, -0.25) is 0 Å². The number of aryl methyl sites for hydroxylation is 1. The summed E-state index contributed by atoms with van der Waals surface area (Å²) >= 11 is 1.12. The van der Waals surface area contributed by atoms with Crippen LogP contribution in [0, 0.1) is 5.92 Å². The van der Waals surface area contributed by atoms with Gasteiger partial charge in [0, 0.05) is 25.2 Å². The van der Waals surface area contributed by atoms with Crippen molar-refractivity contribution in [2.45, 2.75) is 32.7 Å². The highest BCUT2D eigenvalue weighted by Crippen LogP contribution is 2.28. The van der Waals surface area contributed by atoms with Crippen LogP contribution < -0.4 is 20.0 Å². The van der Waals surface area contributed by atoms with Crippen molar-refractivity contribution in [3.05, 3.63) is 26.9 Å². The molecule has 1 fully saturated rings. The fourth-order valence-corrected chi connectivity index (χ4v) is 3.96. The molecule has 0 aromatic carbocycles. The number of rotatable bonds is 7. The van der Waals surface area contributed by atoms with E-state index in [4.69, 9.17) is 4.74 Å². The molecule has 11 nitrogen and oxygen atoms in total. The zero-order valence-electron chi connectivity index (χ0n) is 14.9. The van der Waals surface area contributed by atoms with Crippen LogP contribution in [0.1, 0.15) is 26.2 Å². The number of carbonyl (C=O) groups excluding carboxylic acids is 1. The molecule has 2 aromatic heterocycles. The van der Waals surface area contributed by atoms with Gasteiger partial charge in [0.1, 0.15) is 0 Å². The second kappa shape index (κ2) is 7.68. The van der Waals surface area contributed by atoms with Gasteiger partial charge in [0.15, 0.2) is 0 Å². The predicted molar refractivity (Wildman–Crippen MR) is 96.7 cm³/mol.